The summed E-state index contributed by atoms with van der Waals surface area (Å²) in [5, 5.41) is 17.7. The topological polar surface area (TPSA) is 49.2 Å². The minimum Gasteiger partial charge on any atom is -0.395 e. The number of alkyl halides is 3. The lowest BCUT2D eigenvalue weighted by Crippen LogP contribution is -2.37. The van der Waals surface area contributed by atoms with Gasteiger partial charge in [0.25, 0.3) is 0 Å². The van der Waals surface area contributed by atoms with Crippen LogP contribution < -0.4 is 4.90 Å². The number of fused-ring (bicyclic) bond motifs is 1. The number of halogens is 3. The van der Waals surface area contributed by atoms with Gasteiger partial charge >= 0.3 is 6.18 Å². The Morgan fingerprint density at radius 2 is 1.95 bits per heavy atom. The summed E-state index contributed by atoms with van der Waals surface area (Å²) < 4.78 is 37.6. The Kier molecular flexibility index (Phi) is 3.84. The first-order chi connectivity index (χ1) is 9.01. The van der Waals surface area contributed by atoms with Crippen molar-refractivity contribution in [2.45, 2.75) is 6.18 Å². The van der Waals surface area contributed by atoms with Crippen LogP contribution in [0.4, 0.5) is 19.0 Å². The largest absolute Gasteiger partial charge is 0.405 e. The molecule has 1 N–H and O–H groups in total. The van der Waals surface area contributed by atoms with Crippen molar-refractivity contribution in [1.29, 1.82) is 0 Å². The fraction of sp³-hybridized carbons (Fsp3) is 0.333. The number of hydrogen-bond donors (Lipinski definition) is 1. The third-order valence-corrected chi connectivity index (χ3v) is 2.59. The van der Waals surface area contributed by atoms with Crippen molar-refractivity contribution >= 4 is 16.6 Å². The van der Waals surface area contributed by atoms with E-state index in [1.165, 1.54) is 6.20 Å². The van der Waals surface area contributed by atoms with Gasteiger partial charge in [0, 0.05) is 17.3 Å². The van der Waals surface area contributed by atoms with Crippen LogP contribution in [0.25, 0.3) is 10.8 Å². The molecule has 0 aliphatic carbocycles. The molecule has 0 unspecified atom stereocenters. The Morgan fingerprint density at radius 3 is 2.63 bits per heavy atom. The number of rotatable bonds is 4. The highest BCUT2D eigenvalue weighted by atomic mass is 19.4. The molecule has 1 aromatic heterocycles. The maximum atomic E-state index is 12.5. The molecule has 102 valence electrons. The number of anilines is 1. The van der Waals surface area contributed by atoms with Gasteiger partial charge in [-0.25, -0.2) is 0 Å². The fourth-order valence-corrected chi connectivity index (χ4v) is 1.84. The van der Waals surface area contributed by atoms with Gasteiger partial charge in [-0.1, -0.05) is 24.3 Å². The predicted molar refractivity (Wildman–Crippen MR) is 64.9 cm³/mol. The van der Waals surface area contributed by atoms with E-state index in [0.717, 1.165) is 4.90 Å². The van der Waals surface area contributed by atoms with Crippen molar-refractivity contribution in [2.75, 3.05) is 24.6 Å². The number of nitrogens with zero attached hydrogens (tertiary/aromatic N) is 3. The van der Waals surface area contributed by atoms with Gasteiger partial charge in [-0.05, 0) is 0 Å². The van der Waals surface area contributed by atoms with Gasteiger partial charge in [0.15, 0.2) is 5.82 Å². The van der Waals surface area contributed by atoms with Gasteiger partial charge in [0.05, 0.1) is 12.8 Å². The summed E-state index contributed by atoms with van der Waals surface area (Å²) in [5.74, 6) is 0.129. The van der Waals surface area contributed by atoms with Gasteiger partial charge < -0.3 is 10.0 Å². The molecule has 0 saturated carbocycles. The van der Waals surface area contributed by atoms with Crippen LogP contribution in [0.3, 0.4) is 0 Å². The molecule has 0 aliphatic heterocycles. The van der Waals surface area contributed by atoms with Gasteiger partial charge in [0.2, 0.25) is 0 Å². The normalized spacial score (nSPS) is 11.8. The molecular formula is C12H12F3N3O. The lowest BCUT2D eigenvalue weighted by molar-refractivity contribution is -0.119. The van der Waals surface area contributed by atoms with Crippen molar-refractivity contribution in [1.82, 2.24) is 10.2 Å². The second-order valence-corrected chi connectivity index (χ2v) is 4.02. The molecule has 2 aromatic rings. The Bertz CT molecular complexity index is 554. The quantitative estimate of drug-likeness (QED) is 0.924. The molecule has 2 rings (SSSR count). The van der Waals surface area contributed by atoms with Crippen LogP contribution in [-0.2, 0) is 0 Å². The van der Waals surface area contributed by atoms with Gasteiger partial charge in [-0.2, -0.15) is 18.3 Å². The summed E-state index contributed by atoms with van der Waals surface area (Å²) in [6.45, 7) is -1.71. The Morgan fingerprint density at radius 1 is 1.21 bits per heavy atom. The Hall–Kier alpha value is -1.89. The highest BCUT2D eigenvalue weighted by molar-refractivity contribution is 5.91. The van der Waals surface area contributed by atoms with E-state index in [0.29, 0.717) is 10.8 Å². The third kappa shape index (κ3) is 3.31. The van der Waals surface area contributed by atoms with Crippen LogP contribution in [0.1, 0.15) is 0 Å². The molecule has 0 spiro atoms. The second kappa shape index (κ2) is 5.40. The highest BCUT2D eigenvalue weighted by Crippen LogP contribution is 2.26. The summed E-state index contributed by atoms with van der Waals surface area (Å²) in [7, 11) is 0. The zero-order chi connectivity index (χ0) is 13.9. The SMILES string of the molecule is OCCN(CC(F)(F)F)c1nncc2ccccc12. The number of aliphatic hydroxyl groups is 1. The maximum absolute atomic E-state index is 12.5. The van der Waals surface area contributed by atoms with Crippen LogP contribution in [-0.4, -0.2) is 41.2 Å². The summed E-state index contributed by atoms with van der Waals surface area (Å²) in [4.78, 5) is 0.981. The van der Waals surface area contributed by atoms with Crippen LogP contribution in [0, 0.1) is 0 Å². The van der Waals surface area contributed by atoms with Crippen LogP contribution in [0.15, 0.2) is 30.5 Å². The number of aliphatic hydroxyl groups excluding tert-OH is 1. The molecule has 0 radical (unpaired) electrons. The summed E-state index contributed by atoms with van der Waals surface area (Å²) in [6.07, 6.45) is -2.88. The van der Waals surface area contributed by atoms with Crippen LogP contribution in [0.2, 0.25) is 0 Å². The summed E-state index contributed by atoms with van der Waals surface area (Å²) >= 11 is 0. The van der Waals surface area contributed by atoms with Crippen molar-refractivity contribution < 1.29 is 18.3 Å². The van der Waals surface area contributed by atoms with Gasteiger partial charge in [-0.3, -0.25) is 0 Å². The van der Waals surface area contributed by atoms with Crippen molar-refractivity contribution in [3.63, 3.8) is 0 Å². The monoisotopic (exact) mass is 271 g/mol. The highest BCUT2D eigenvalue weighted by Gasteiger charge is 2.31. The van der Waals surface area contributed by atoms with E-state index in [9.17, 15) is 13.2 Å². The molecule has 1 heterocycles. The minimum absolute atomic E-state index is 0.129. The molecule has 0 atom stereocenters. The first-order valence-electron chi connectivity index (χ1n) is 5.64. The fourth-order valence-electron chi connectivity index (χ4n) is 1.84. The summed E-state index contributed by atoms with van der Waals surface area (Å²) in [5.41, 5.74) is 0. The zero-order valence-electron chi connectivity index (χ0n) is 9.93. The van der Waals surface area contributed by atoms with Crippen molar-refractivity contribution in [3.05, 3.63) is 30.5 Å². The molecule has 7 heteroatoms. The molecule has 4 nitrogen and oxygen atoms in total. The lowest BCUT2D eigenvalue weighted by atomic mass is 10.2. The molecule has 19 heavy (non-hydrogen) atoms. The number of benzene rings is 1. The molecule has 0 saturated heterocycles. The van der Waals surface area contributed by atoms with E-state index in [-0.39, 0.29) is 19.0 Å². The molecule has 0 amide bonds. The van der Waals surface area contributed by atoms with E-state index >= 15 is 0 Å². The minimum atomic E-state index is -4.37. The standard InChI is InChI=1S/C12H12F3N3O/c13-12(14,15)8-18(5-6-19)11-10-4-2-1-3-9(10)7-16-17-11/h1-4,7,19H,5-6,8H2. The molecule has 0 bridgehead atoms. The predicted octanol–water partition coefficient (Wildman–Crippen LogP) is 1.99. The average Bonchev–Trinajstić information content (AvgIpc) is 2.36. The third-order valence-electron chi connectivity index (χ3n) is 2.59. The molecule has 1 aromatic carbocycles. The van der Waals surface area contributed by atoms with Crippen molar-refractivity contribution in [2.24, 2.45) is 0 Å². The van der Waals surface area contributed by atoms with Crippen LogP contribution in [0.5, 0.6) is 0 Å². The smallest absolute Gasteiger partial charge is 0.395 e. The Balaban J connectivity index is 2.44. The molecular weight excluding hydrogens is 259 g/mol. The molecule has 0 fully saturated rings. The number of aromatic nitrogens is 2. The maximum Gasteiger partial charge on any atom is 0.405 e. The van der Waals surface area contributed by atoms with Crippen molar-refractivity contribution in [3.8, 4) is 0 Å². The van der Waals surface area contributed by atoms with E-state index in [4.69, 9.17) is 5.11 Å². The van der Waals surface area contributed by atoms with Gasteiger partial charge in [0.1, 0.15) is 6.54 Å². The van der Waals surface area contributed by atoms with E-state index in [1.807, 2.05) is 0 Å². The first kappa shape index (κ1) is 13.5. The average molecular weight is 271 g/mol. The van der Waals surface area contributed by atoms with E-state index in [2.05, 4.69) is 10.2 Å². The lowest BCUT2D eigenvalue weighted by Gasteiger charge is -2.24. The van der Waals surface area contributed by atoms with E-state index < -0.39 is 12.7 Å². The number of hydrogen-bond acceptors (Lipinski definition) is 4. The van der Waals surface area contributed by atoms with Gasteiger partial charge in [-0.15, -0.1) is 5.10 Å². The first-order valence-corrected chi connectivity index (χ1v) is 5.64. The second-order valence-electron chi connectivity index (χ2n) is 4.02. The Labute approximate surface area is 107 Å². The summed E-state index contributed by atoms with van der Waals surface area (Å²) in [6, 6.07) is 6.92. The van der Waals surface area contributed by atoms with Crippen LogP contribution >= 0.6 is 0 Å². The zero-order valence-corrected chi connectivity index (χ0v) is 9.93. The van der Waals surface area contributed by atoms with E-state index in [1.54, 1.807) is 24.3 Å². The molecule has 0 aliphatic rings.